The second-order valence-electron chi connectivity index (χ2n) is 4.32. The van der Waals surface area contributed by atoms with Gasteiger partial charge in [0, 0.05) is 57.5 Å². The minimum atomic E-state index is 0.117. The summed E-state index contributed by atoms with van der Waals surface area (Å²) in [5, 5.41) is 3.15. The van der Waals surface area contributed by atoms with Gasteiger partial charge >= 0.3 is 0 Å². The van der Waals surface area contributed by atoms with E-state index in [9.17, 15) is 0 Å². The number of rotatable bonds is 5. The maximum atomic E-state index is 5.95. The zero-order chi connectivity index (χ0) is 12.1. The molecule has 1 aliphatic rings. The van der Waals surface area contributed by atoms with Crippen LogP contribution in [0.25, 0.3) is 0 Å². The normalized spacial score (nSPS) is 19.5. The van der Waals surface area contributed by atoms with Gasteiger partial charge in [0.15, 0.2) is 5.13 Å². The second kappa shape index (κ2) is 6.30. The molecule has 96 valence electrons. The molecule has 0 aliphatic carbocycles. The molecule has 2 N–H and O–H groups in total. The summed E-state index contributed by atoms with van der Waals surface area (Å²) in [4.78, 5) is 9.07. The predicted octanol–water partition coefficient (Wildman–Crippen LogP) is 0.239. The molecule has 0 aromatic carbocycles. The first kappa shape index (κ1) is 12.8. The van der Waals surface area contributed by atoms with Gasteiger partial charge in [0.1, 0.15) is 0 Å². The fraction of sp³-hybridized carbons (Fsp3) is 0.727. The van der Waals surface area contributed by atoms with E-state index in [1.165, 1.54) is 0 Å². The predicted molar refractivity (Wildman–Crippen MR) is 70.6 cm³/mol. The van der Waals surface area contributed by atoms with Crippen molar-refractivity contribution in [3.8, 4) is 0 Å². The van der Waals surface area contributed by atoms with E-state index in [-0.39, 0.29) is 6.04 Å². The van der Waals surface area contributed by atoms with E-state index >= 15 is 0 Å². The number of hydrogen-bond acceptors (Lipinski definition) is 6. The summed E-state index contributed by atoms with van der Waals surface area (Å²) in [5.74, 6) is 0. The van der Waals surface area contributed by atoms with Crippen molar-refractivity contribution < 1.29 is 4.74 Å². The molecule has 6 heteroatoms. The number of thiazole rings is 1. The Labute approximate surface area is 106 Å². The molecule has 0 bridgehead atoms. The van der Waals surface area contributed by atoms with Gasteiger partial charge in [-0.05, 0) is 0 Å². The summed E-state index contributed by atoms with van der Waals surface area (Å²) in [7, 11) is 1.69. The summed E-state index contributed by atoms with van der Waals surface area (Å²) >= 11 is 1.70. The highest BCUT2D eigenvalue weighted by Gasteiger charge is 2.19. The van der Waals surface area contributed by atoms with Gasteiger partial charge in [-0.3, -0.25) is 4.90 Å². The summed E-state index contributed by atoms with van der Waals surface area (Å²) in [5.41, 5.74) is 5.95. The number of hydrogen-bond donors (Lipinski definition) is 1. The Hall–Kier alpha value is -0.690. The fourth-order valence-electron chi connectivity index (χ4n) is 2.09. The third-order valence-corrected chi connectivity index (χ3v) is 3.77. The molecule has 5 nitrogen and oxygen atoms in total. The highest BCUT2D eigenvalue weighted by molar-refractivity contribution is 7.13. The molecule has 1 unspecified atom stereocenters. The van der Waals surface area contributed by atoms with E-state index < -0.39 is 0 Å². The molecule has 0 spiro atoms. The van der Waals surface area contributed by atoms with Gasteiger partial charge in [0.05, 0.1) is 6.61 Å². The molecule has 1 fully saturated rings. The third kappa shape index (κ3) is 3.64. The van der Waals surface area contributed by atoms with Crippen molar-refractivity contribution in [2.75, 3.05) is 51.3 Å². The second-order valence-corrected chi connectivity index (χ2v) is 5.19. The van der Waals surface area contributed by atoms with Crippen molar-refractivity contribution >= 4 is 16.5 Å². The van der Waals surface area contributed by atoms with Crippen LogP contribution in [-0.4, -0.2) is 62.4 Å². The molecule has 1 aliphatic heterocycles. The van der Waals surface area contributed by atoms with Crippen LogP contribution in [0.4, 0.5) is 5.13 Å². The number of anilines is 1. The van der Waals surface area contributed by atoms with E-state index in [1.54, 1.807) is 18.4 Å². The van der Waals surface area contributed by atoms with Crippen LogP contribution in [0, 0.1) is 0 Å². The van der Waals surface area contributed by atoms with Crippen molar-refractivity contribution in [2.45, 2.75) is 6.04 Å². The molecule has 2 rings (SSSR count). The van der Waals surface area contributed by atoms with Gasteiger partial charge in [-0.15, -0.1) is 11.3 Å². The standard InChI is InChI=1S/C11H20N4OS/c1-16-9-10(12)8-14-3-5-15(6-4-14)11-13-2-7-17-11/h2,7,10H,3-6,8-9,12H2,1H3. The maximum Gasteiger partial charge on any atom is 0.185 e. The van der Waals surface area contributed by atoms with Crippen LogP contribution in [0.5, 0.6) is 0 Å². The SMILES string of the molecule is COCC(N)CN1CCN(c2nccs2)CC1. The topological polar surface area (TPSA) is 54.6 Å². The highest BCUT2D eigenvalue weighted by Crippen LogP contribution is 2.18. The highest BCUT2D eigenvalue weighted by atomic mass is 32.1. The summed E-state index contributed by atoms with van der Waals surface area (Å²) in [6.07, 6.45) is 1.86. The number of aromatic nitrogens is 1. The number of methoxy groups -OCH3 is 1. The smallest absolute Gasteiger partial charge is 0.185 e. The van der Waals surface area contributed by atoms with Crippen LogP contribution in [0.3, 0.4) is 0 Å². The first-order valence-corrected chi connectivity index (χ1v) is 6.79. The van der Waals surface area contributed by atoms with E-state index in [4.69, 9.17) is 10.5 Å². The molecular weight excluding hydrogens is 236 g/mol. The van der Waals surface area contributed by atoms with E-state index in [0.29, 0.717) is 6.61 Å². The van der Waals surface area contributed by atoms with Crippen molar-refractivity contribution in [3.63, 3.8) is 0 Å². The number of piperazine rings is 1. The van der Waals surface area contributed by atoms with Crippen LogP contribution in [0.2, 0.25) is 0 Å². The van der Waals surface area contributed by atoms with Crippen molar-refractivity contribution in [3.05, 3.63) is 11.6 Å². The molecule has 1 saturated heterocycles. The Kier molecular flexibility index (Phi) is 4.73. The van der Waals surface area contributed by atoms with Gasteiger partial charge < -0.3 is 15.4 Å². The molecule has 17 heavy (non-hydrogen) atoms. The fourth-order valence-corrected chi connectivity index (χ4v) is 2.79. The lowest BCUT2D eigenvalue weighted by Crippen LogP contribution is -2.50. The first-order chi connectivity index (χ1) is 8.29. The average molecular weight is 256 g/mol. The van der Waals surface area contributed by atoms with Crippen LogP contribution in [-0.2, 0) is 4.74 Å². The van der Waals surface area contributed by atoms with Gasteiger partial charge in [-0.25, -0.2) is 4.98 Å². The quantitative estimate of drug-likeness (QED) is 0.818. The monoisotopic (exact) mass is 256 g/mol. The number of nitrogens with two attached hydrogens (primary N) is 1. The minimum Gasteiger partial charge on any atom is -0.383 e. The lowest BCUT2D eigenvalue weighted by Gasteiger charge is -2.35. The summed E-state index contributed by atoms with van der Waals surface area (Å²) in [6, 6.07) is 0.117. The third-order valence-electron chi connectivity index (χ3n) is 2.94. The van der Waals surface area contributed by atoms with E-state index in [2.05, 4.69) is 14.8 Å². The first-order valence-electron chi connectivity index (χ1n) is 5.91. The molecule has 0 radical (unpaired) electrons. The van der Waals surface area contributed by atoms with E-state index in [0.717, 1.165) is 37.9 Å². The Balaban J connectivity index is 1.74. The van der Waals surface area contributed by atoms with Gasteiger partial charge in [0.25, 0.3) is 0 Å². The Morgan fingerprint density at radius 3 is 2.82 bits per heavy atom. The van der Waals surface area contributed by atoms with Gasteiger partial charge in [0.2, 0.25) is 0 Å². The van der Waals surface area contributed by atoms with E-state index in [1.807, 2.05) is 11.6 Å². The van der Waals surface area contributed by atoms with Gasteiger partial charge in [-0.2, -0.15) is 0 Å². The lowest BCUT2D eigenvalue weighted by molar-refractivity contribution is 0.150. The molecule has 2 heterocycles. The Morgan fingerprint density at radius 2 is 2.24 bits per heavy atom. The summed E-state index contributed by atoms with van der Waals surface area (Å²) in [6.45, 7) is 5.72. The molecule has 0 amide bonds. The van der Waals surface area contributed by atoms with Crippen LogP contribution in [0.1, 0.15) is 0 Å². The van der Waals surface area contributed by atoms with Crippen LogP contribution >= 0.6 is 11.3 Å². The number of nitrogens with zero attached hydrogens (tertiary/aromatic N) is 3. The molecule has 1 aromatic heterocycles. The molecule has 0 saturated carbocycles. The van der Waals surface area contributed by atoms with Crippen LogP contribution in [0.15, 0.2) is 11.6 Å². The minimum absolute atomic E-state index is 0.117. The average Bonchev–Trinajstić information content (AvgIpc) is 2.84. The zero-order valence-electron chi connectivity index (χ0n) is 10.2. The largest absolute Gasteiger partial charge is 0.383 e. The van der Waals surface area contributed by atoms with Crippen LogP contribution < -0.4 is 10.6 Å². The van der Waals surface area contributed by atoms with Crippen molar-refractivity contribution in [2.24, 2.45) is 5.73 Å². The molecule has 1 atom stereocenters. The molecular formula is C11H20N4OS. The van der Waals surface area contributed by atoms with Crippen molar-refractivity contribution in [1.29, 1.82) is 0 Å². The maximum absolute atomic E-state index is 5.95. The Morgan fingerprint density at radius 1 is 1.47 bits per heavy atom. The Bertz CT molecular complexity index is 311. The molecule has 1 aromatic rings. The summed E-state index contributed by atoms with van der Waals surface area (Å²) < 4.78 is 5.05. The lowest BCUT2D eigenvalue weighted by atomic mass is 10.2. The van der Waals surface area contributed by atoms with Gasteiger partial charge in [-0.1, -0.05) is 0 Å². The zero-order valence-corrected chi connectivity index (χ0v) is 11.0. The number of ether oxygens (including phenoxy) is 1. The van der Waals surface area contributed by atoms with Crippen molar-refractivity contribution in [1.82, 2.24) is 9.88 Å².